The number of pyridine rings is 1. The lowest BCUT2D eigenvalue weighted by molar-refractivity contribution is -0.126. The van der Waals surface area contributed by atoms with Gasteiger partial charge in [-0.1, -0.05) is 6.07 Å². The molecule has 1 saturated carbocycles. The number of carbonyl (C=O) groups excluding carboxylic acids is 1. The first-order chi connectivity index (χ1) is 14.1. The second kappa shape index (κ2) is 8.91. The van der Waals surface area contributed by atoms with E-state index in [4.69, 9.17) is 0 Å². The molecule has 2 aliphatic rings. The van der Waals surface area contributed by atoms with Crippen molar-refractivity contribution in [1.29, 1.82) is 0 Å². The van der Waals surface area contributed by atoms with E-state index < -0.39 is 0 Å². The fourth-order valence-electron chi connectivity index (χ4n) is 4.44. The molecule has 0 radical (unpaired) electrons. The van der Waals surface area contributed by atoms with Gasteiger partial charge in [0.15, 0.2) is 0 Å². The number of halogens is 1. The van der Waals surface area contributed by atoms with E-state index in [-0.39, 0.29) is 29.8 Å². The van der Waals surface area contributed by atoms with E-state index in [1.807, 2.05) is 29.2 Å². The van der Waals surface area contributed by atoms with Crippen LogP contribution in [0, 0.1) is 11.7 Å². The highest BCUT2D eigenvalue weighted by Crippen LogP contribution is 2.30. The average molecular weight is 397 g/mol. The zero-order valence-electron chi connectivity index (χ0n) is 16.6. The molecule has 1 aromatic carbocycles. The maximum atomic E-state index is 14.9. The molecular weight excluding hydrogens is 369 g/mol. The van der Waals surface area contributed by atoms with Crippen molar-refractivity contribution in [2.45, 2.75) is 50.7 Å². The van der Waals surface area contributed by atoms with Crippen molar-refractivity contribution >= 4 is 11.6 Å². The number of carbonyl (C=O) groups is 1. The molecule has 0 spiro atoms. The van der Waals surface area contributed by atoms with E-state index in [1.54, 1.807) is 18.5 Å². The number of nitrogens with zero attached hydrogens (tertiary/aromatic N) is 2. The summed E-state index contributed by atoms with van der Waals surface area (Å²) in [6, 6.07) is 9.16. The molecule has 2 fully saturated rings. The normalized spacial score (nSPS) is 24.9. The first-order valence-corrected chi connectivity index (χ1v) is 10.5. The monoisotopic (exact) mass is 397 g/mol. The Kier molecular flexibility index (Phi) is 6.09. The summed E-state index contributed by atoms with van der Waals surface area (Å²) < 4.78 is 14.9. The quantitative estimate of drug-likeness (QED) is 0.829. The van der Waals surface area contributed by atoms with Gasteiger partial charge in [-0.05, 0) is 73.9 Å². The zero-order chi connectivity index (χ0) is 20.2. The van der Waals surface area contributed by atoms with Crippen LogP contribution in [0.15, 0.2) is 42.7 Å². The number of aliphatic hydroxyl groups is 1. The van der Waals surface area contributed by atoms with Gasteiger partial charge in [-0.2, -0.15) is 0 Å². The lowest BCUT2D eigenvalue weighted by Gasteiger charge is -2.35. The Hall–Kier alpha value is -2.47. The van der Waals surface area contributed by atoms with Crippen LogP contribution in [-0.4, -0.2) is 41.2 Å². The number of amides is 1. The number of rotatable bonds is 4. The minimum atomic E-state index is -0.262. The molecule has 0 bridgehead atoms. The highest BCUT2D eigenvalue weighted by Gasteiger charge is 2.29. The number of anilines is 1. The minimum Gasteiger partial charge on any atom is -0.393 e. The Morgan fingerprint density at radius 2 is 1.83 bits per heavy atom. The highest BCUT2D eigenvalue weighted by molar-refractivity contribution is 5.80. The second-order valence-electron chi connectivity index (χ2n) is 8.20. The molecule has 1 aliphatic heterocycles. The van der Waals surface area contributed by atoms with Gasteiger partial charge in [0.05, 0.1) is 17.7 Å². The van der Waals surface area contributed by atoms with E-state index in [0.717, 1.165) is 56.2 Å². The van der Waals surface area contributed by atoms with Crippen molar-refractivity contribution in [3.8, 4) is 11.1 Å². The Labute approximate surface area is 171 Å². The van der Waals surface area contributed by atoms with Crippen LogP contribution in [0.1, 0.15) is 38.5 Å². The molecule has 1 saturated heterocycles. The highest BCUT2D eigenvalue weighted by atomic mass is 19.1. The molecule has 2 N–H and O–H groups in total. The van der Waals surface area contributed by atoms with Gasteiger partial charge in [0.2, 0.25) is 5.91 Å². The average Bonchev–Trinajstić information content (AvgIpc) is 2.76. The van der Waals surface area contributed by atoms with Crippen LogP contribution in [0.3, 0.4) is 0 Å². The second-order valence-corrected chi connectivity index (χ2v) is 8.20. The van der Waals surface area contributed by atoms with Crippen molar-refractivity contribution in [2.24, 2.45) is 5.92 Å². The van der Waals surface area contributed by atoms with E-state index in [0.29, 0.717) is 12.2 Å². The summed E-state index contributed by atoms with van der Waals surface area (Å²) in [6.45, 7) is 1.29. The van der Waals surface area contributed by atoms with Crippen molar-refractivity contribution in [3.05, 3.63) is 48.5 Å². The smallest absolute Gasteiger partial charge is 0.225 e. The van der Waals surface area contributed by atoms with E-state index in [1.165, 1.54) is 0 Å². The van der Waals surface area contributed by atoms with Crippen LogP contribution < -0.4 is 10.2 Å². The van der Waals surface area contributed by atoms with Gasteiger partial charge in [0, 0.05) is 31.5 Å². The SMILES string of the molecule is O=C(N[C@H]1CC[C@H](O)CC1)[C@H]1CCCN(c2ccc(-c3ccncc3)cc2F)C1. The molecule has 2 heterocycles. The lowest BCUT2D eigenvalue weighted by Crippen LogP contribution is -2.47. The van der Waals surface area contributed by atoms with Crippen LogP contribution in [0.25, 0.3) is 11.1 Å². The molecule has 1 atom stereocenters. The molecular formula is C23H28FN3O2. The Bertz CT molecular complexity index is 837. The molecule has 4 rings (SSSR count). The summed E-state index contributed by atoms with van der Waals surface area (Å²) in [5.74, 6) is -0.332. The summed E-state index contributed by atoms with van der Waals surface area (Å²) in [7, 11) is 0. The fraction of sp³-hybridized carbons (Fsp3) is 0.478. The number of piperidine rings is 1. The standard InChI is InChI=1S/C23H28FN3O2/c24-21-14-17(16-9-11-25-12-10-16)3-8-22(21)27-13-1-2-18(15-27)23(29)26-19-4-6-20(28)7-5-19/h3,8-12,14,18-20,28H,1-2,4-7,13,15H2,(H,26,29)/t18-,19-,20-/m0/s1. The third-order valence-corrected chi connectivity index (χ3v) is 6.14. The largest absolute Gasteiger partial charge is 0.393 e. The number of aromatic nitrogens is 1. The van der Waals surface area contributed by atoms with E-state index >= 15 is 0 Å². The van der Waals surface area contributed by atoms with Crippen molar-refractivity contribution in [1.82, 2.24) is 10.3 Å². The van der Waals surface area contributed by atoms with Crippen LogP contribution in [-0.2, 0) is 4.79 Å². The van der Waals surface area contributed by atoms with Crippen LogP contribution in [0.4, 0.5) is 10.1 Å². The van der Waals surface area contributed by atoms with Crippen LogP contribution >= 0.6 is 0 Å². The van der Waals surface area contributed by atoms with E-state index in [2.05, 4.69) is 10.3 Å². The fourth-order valence-corrected chi connectivity index (χ4v) is 4.44. The maximum absolute atomic E-state index is 14.9. The molecule has 0 unspecified atom stereocenters. The molecule has 1 aromatic heterocycles. The predicted molar refractivity (Wildman–Crippen MR) is 111 cm³/mol. The third-order valence-electron chi connectivity index (χ3n) is 6.14. The van der Waals surface area contributed by atoms with Gasteiger partial charge in [0.1, 0.15) is 5.82 Å². The number of hydrogen-bond donors (Lipinski definition) is 2. The van der Waals surface area contributed by atoms with Gasteiger partial charge in [0.25, 0.3) is 0 Å². The molecule has 2 aromatic rings. The Morgan fingerprint density at radius 1 is 1.07 bits per heavy atom. The molecule has 1 amide bonds. The minimum absolute atomic E-state index is 0.0601. The topological polar surface area (TPSA) is 65.5 Å². The summed E-state index contributed by atoms with van der Waals surface area (Å²) in [4.78, 5) is 18.7. The van der Waals surface area contributed by atoms with Gasteiger partial charge in [-0.15, -0.1) is 0 Å². The third kappa shape index (κ3) is 4.75. The van der Waals surface area contributed by atoms with Gasteiger partial charge < -0.3 is 15.3 Å². The van der Waals surface area contributed by atoms with Gasteiger partial charge in [-0.3, -0.25) is 9.78 Å². The summed E-state index contributed by atoms with van der Waals surface area (Å²) >= 11 is 0. The molecule has 1 aliphatic carbocycles. The number of benzene rings is 1. The van der Waals surface area contributed by atoms with Crippen molar-refractivity contribution < 1.29 is 14.3 Å². The maximum Gasteiger partial charge on any atom is 0.225 e. The summed E-state index contributed by atoms with van der Waals surface area (Å²) in [6.07, 6.45) is 8.01. The van der Waals surface area contributed by atoms with Crippen LogP contribution in [0.5, 0.6) is 0 Å². The number of hydrogen-bond acceptors (Lipinski definition) is 4. The van der Waals surface area contributed by atoms with Crippen LogP contribution in [0.2, 0.25) is 0 Å². The first-order valence-electron chi connectivity index (χ1n) is 10.5. The number of nitrogens with one attached hydrogen (secondary N) is 1. The zero-order valence-corrected chi connectivity index (χ0v) is 16.6. The Balaban J connectivity index is 1.41. The van der Waals surface area contributed by atoms with Crippen molar-refractivity contribution in [2.75, 3.05) is 18.0 Å². The molecule has 29 heavy (non-hydrogen) atoms. The molecule has 6 heteroatoms. The predicted octanol–water partition coefficient (Wildman–Crippen LogP) is 3.52. The number of aliphatic hydroxyl groups excluding tert-OH is 1. The van der Waals surface area contributed by atoms with Crippen molar-refractivity contribution in [3.63, 3.8) is 0 Å². The van der Waals surface area contributed by atoms with Gasteiger partial charge in [-0.25, -0.2) is 4.39 Å². The molecule has 154 valence electrons. The first kappa shape index (κ1) is 19.8. The summed E-state index contributed by atoms with van der Waals surface area (Å²) in [5, 5.41) is 12.8. The van der Waals surface area contributed by atoms with E-state index in [9.17, 15) is 14.3 Å². The lowest BCUT2D eigenvalue weighted by atomic mass is 9.91. The molecule has 5 nitrogen and oxygen atoms in total. The summed E-state index contributed by atoms with van der Waals surface area (Å²) in [5.41, 5.74) is 2.31. The Morgan fingerprint density at radius 3 is 2.55 bits per heavy atom. The van der Waals surface area contributed by atoms with Gasteiger partial charge >= 0.3 is 0 Å².